The zero-order valence-electron chi connectivity index (χ0n) is 9.92. The Bertz CT molecular complexity index is 571. The number of hydrogen-bond acceptors (Lipinski definition) is 3. The van der Waals surface area contributed by atoms with Gasteiger partial charge in [-0.15, -0.1) is 0 Å². The monoisotopic (exact) mass is 240 g/mol. The summed E-state index contributed by atoms with van der Waals surface area (Å²) < 4.78 is 5.09. The zero-order valence-corrected chi connectivity index (χ0v) is 9.92. The summed E-state index contributed by atoms with van der Waals surface area (Å²) in [6.45, 7) is 0. The first-order valence-corrected chi connectivity index (χ1v) is 5.47. The Labute approximate surface area is 105 Å². The van der Waals surface area contributed by atoms with Gasteiger partial charge in [0.05, 0.1) is 12.7 Å². The highest BCUT2D eigenvalue weighted by molar-refractivity contribution is 5.83. The molecule has 0 spiro atoms. The van der Waals surface area contributed by atoms with E-state index in [1.807, 2.05) is 18.2 Å². The number of rotatable bonds is 4. The van der Waals surface area contributed by atoms with E-state index in [-0.39, 0.29) is 0 Å². The molecule has 0 heterocycles. The van der Waals surface area contributed by atoms with Gasteiger partial charge in [0.2, 0.25) is 0 Å². The molecule has 0 aliphatic heterocycles. The summed E-state index contributed by atoms with van der Waals surface area (Å²) in [7, 11) is 1.53. The Morgan fingerprint density at radius 3 is 2.11 bits per heavy atom. The molecule has 2 aromatic carbocycles. The van der Waals surface area contributed by atoms with Crippen molar-refractivity contribution in [3.05, 3.63) is 53.6 Å². The van der Waals surface area contributed by atoms with Crippen LogP contribution in [0.4, 0.5) is 0 Å². The molecule has 3 nitrogen and oxygen atoms in total. The predicted octanol–water partition coefficient (Wildman–Crippen LogP) is 2.99. The van der Waals surface area contributed by atoms with Crippen LogP contribution in [0, 0.1) is 0 Å². The SMILES string of the molecule is COc1ccc(-c2ccc(C=O)cc2)cc1C=O. The van der Waals surface area contributed by atoms with Crippen LogP contribution in [0.25, 0.3) is 11.1 Å². The van der Waals surface area contributed by atoms with Crippen LogP contribution in [0.1, 0.15) is 20.7 Å². The van der Waals surface area contributed by atoms with Gasteiger partial charge in [0.15, 0.2) is 6.29 Å². The number of methoxy groups -OCH3 is 1. The van der Waals surface area contributed by atoms with Crippen LogP contribution in [0.3, 0.4) is 0 Å². The summed E-state index contributed by atoms with van der Waals surface area (Å²) in [6.07, 6.45) is 1.57. The molecular weight excluding hydrogens is 228 g/mol. The Kier molecular flexibility index (Phi) is 3.53. The molecule has 0 fully saturated rings. The summed E-state index contributed by atoms with van der Waals surface area (Å²) in [4.78, 5) is 21.5. The van der Waals surface area contributed by atoms with Crippen molar-refractivity contribution >= 4 is 12.6 Å². The second kappa shape index (κ2) is 5.27. The molecule has 0 saturated heterocycles. The molecule has 0 amide bonds. The van der Waals surface area contributed by atoms with E-state index in [2.05, 4.69) is 0 Å². The fourth-order valence-electron chi connectivity index (χ4n) is 1.76. The molecule has 0 aliphatic carbocycles. The lowest BCUT2D eigenvalue weighted by Crippen LogP contribution is -1.91. The van der Waals surface area contributed by atoms with Crippen LogP contribution in [-0.2, 0) is 0 Å². The average Bonchev–Trinajstić information content (AvgIpc) is 2.46. The van der Waals surface area contributed by atoms with Gasteiger partial charge < -0.3 is 4.74 Å². The minimum absolute atomic E-state index is 0.509. The molecule has 0 saturated carbocycles. The van der Waals surface area contributed by atoms with E-state index in [1.165, 1.54) is 7.11 Å². The Hall–Kier alpha value is -2.42. The van der Waals surface area contributed by atoms with E-state index in [0.717, 1.165) is 23.7 Å². The van der Waals surface area contributed by atoms with Crippen molar-refractivity contribution in [2.24, 2.45) is 0 Å². The van der Waals surface area contributed by atoms with E-state index in [1.54, 1.807) is 24.3 Å². The minimum atomic E-state index is 0.509. The molecule has 0 atom stereocenters. The van der Waals surface area contributed by atoms with Crippen molar-refractivity contribution in [2.75, 3.05) is 7.11 Å². The van der Waals surface area contributed by atoms with Gasteiger partial charge in [0.1, 0.15) is 12.0 Å². The van der Waals surface area contributed by atoms with Crippen LogP contribution >= 0.6 is 0 Å². The van der Waals surface area contributed by atoms with E-state index < -0.39 is 0 Å². The van der Waals surface area contributed by atoms with Crippen molar-refractivity contribution in [1.82, 2.24) is 0 Å². The number of ether oxygens (including phenoxy) is 1. The average molecular weight is 240 g/mol. The molecule has 0 bridgehead atoms. The Morgan fingerprint density at radius 2 is 1.56 bits per heavy atom. The molecule has 0 aliphatic rings. The summed E-state index contributed by atoms with van der Waals surface area (Å²) in [5, 5.41) is 0. The summed E-state index contributed by atoms with van der Waals surface area (Å²) >= 11 is 0. The van der Waals surface area contributed by atoms with Crippen LogP contribution < -0.4 is 4.74 Å². The highest BCUT2D eigenvalue weighted by atomic mass is 16.5. The maximum absolute atomic E-state index is 10.9. The molecule has 2 rings (SSSR count). The normalized spacial score (nSPS) is 9.83. The number of carbonyl (C=O) groups excluding carboxylic acids is 2. The first-order valence-electron chi connectivity index (χ1n) is 5.47. The quantitative estimate of drug-likeness (QED) is 0.771. The summed E-state index contributed by atoms with van der Waals surface area (Å²) in [5.41, 5.74) is 3.00. The van der Waals surface area contributed by atoms with E-state index >= 15 is 0 Å². The van der Waals surface area contributed by atoms with Crippen molar-refractivity contribution in [3.8, 4) is 16.9 Å². The van der Waals surface area contributed by atoms with Gasteiger partial charge in [-0.25, -0.2) is 0 Å². The van der Waals surface area contributed by atoms with Gasteiger partial charge in [-0.1, -0.05) is 30.3 Å². The van der Waals surface area contributed by atoms with Crippen molar-refractivity contribution < 1.29 is 14.3 Å². The van der Waals surface area contributed by atoms with Gasteiger partial charge in [-0.05, 0) is 23.3 Å². The van der Waals surface area contributed by atoms with Gasteiger partial charge in [-0.3, -0.25) is 9.59 Å². The first-order chi connectivity index (χ1) is 8.78. The lowest BCUT2D eigenvalue weighted by atomic mass is 10.0. The Morgan fingerprint density at radius 1 is 0.889 bits per heavy atom. The number of carbonyl (C=O) groups is 2. The van der Waals surface area contributed by atoms with Crippen LogP contribution in [0.2, 0.25) is 0 Å². The molecule has 3 heteroatoms. The van der Waals surface area contributed by atoms with Crippen LogP contribution in [0.15, 0.2) is 42.5 Å². The standard InChI is InChI=1S/C15H12O3/c1-18-15-7-6-13(8-14(15)10-17)12-4-2-11(9-16)3-5-12/h2-10H,1H3. The summed E-state index contributed by atoms with van der Waals surface area (Å²) in [6, 6.07) is 12.6. The largest absolute Gasteiger partial charge is 0.496 e. The Balaban J connectivity index is 2.43. The molecule has 90 valence electrons. The van der Waals surface area contributed by atoms with Crippen molar-refractivity contribution in [2.45, 2.75) is 0 Å². The molecule has 0 N–H and O–H groups in total. The molecular formula is C15H12O3. The van der Waals surface area contributed by atoms with Crippen LogP contribution in [0.5, 0.6) is 5.75 Å². The number of hydrogen-bond donors (Lipinski definition) is 0. The topological polar surface area (TPSA) is 43.4 Å². The van der Waals surface area contributed by atoms with Crippen molar-refractivity contribution in [1.29, 1.82) is 0 Å². The van der Waals surface area contributed by atoms with Gasteiger partial charge in [0.25, 0.3) is 0 Å². The fraction of sp³-hybridized carbons (Fsp3) is 0.0667. The fourth-order valence-corrected chi connectivity index (χ4v) is 1.76. The van der Waals surface area contributed by atoms with Crippen LogP contribution in [-0.4, -0.2) is 19.7 Å². The molecule has 2 aromatic rings. The molecule has 0 aromatic heterocycles. The lowest BCUT2D eigenvalue weighted by Gasteiger charge is -2.07. The third-order valence-corrected chi connectivity index (χ3v) is 2.74. The van der Waals surface area contributed by atoms with Gasteiger partial charge >= 0.3 is 0 Å². The minimum Gasteiger partial charge on any atom is -0.496 e. The molecule has 0 radical (unpaired) electrons. The zero-order chi connectivity index (χ0) is 13.0. The van der Waals surface area contributed by atoms with Gasteiger partial charge in [0, 0.05) is 5.56 Å². The maximum atomic E-state index is 10.9. The second-order valence-corrected chi connectivity index (χ2v) is 3.81. The third-order valence-electron chi connectivity index (χ3n) is 2.74. The highest BCUT2D eigenvalue weighted by Crippen LogP contribution is 2.25. The van der Waals surface area contributed by atoms with Gasteiger partial charge in [-0.2, -0.15) is 0 Å². The second-order valence-electron chi connectivity index (χ2n) is 3.81. The molecule has 18 heavy (non-hydrogen) atoms. The van der Waals surface area contributed by atoms with E-state index in [0.29, 0.717) is 16.9 Å². The summed E-state index contributed by atoms with van der Waals surface area (Å²) in [5.74, 6) is 0.554. The van der Waals surface area contributed by atoms with E-state index in [9.17, 15) is 9.59 Å². The van der Waals surface area contributed by atoms with E-state index in [4.69, 9.17) is 4.74 Å². The third kappa shape index (κ3) is 2.30. The first kappa shape index (κ1) is 12.0. The van der Waals surface area contributed by atoms with Crippen molar-refractivity contribution in [3.63, 3.8) is 0 Å². The number of aldehydes is 2. The highest BCUT2D eigenvalue weighted by Gasteiger charge is 2.05. The lowest BCUT2D eigenvalue weighted by molar-refractivity contribution is 0.111. The predicted molar refractivity (Wildman–Crippen MR) is 69.2 cm³/mol. The molecule has 0 unspecified atom stereocenters. The maximum Gasteiger partial charge on any atom is 0.153 e. The smallest absolute Gasteiger partial charge is 0.153 e. The number of benzene rings is 2.